The number of benzene rings is 1. The fraction of sp³-hybridized carbons (Fsp3) is 0.538. The van der Waals surface area contributed by atoms with Crippen molar-refractivity contribution in [3.63, 3.8) is 0 Å². The Kier molecular flexibility index (Phi) is 6.51. The third kappa shape index (κ3) is 5.52. The lowest BCUT2D eigenvalue weighted by molar-refractivity contribution is 0.254. The number of hydrogen-bond acceptors (Lipinski definition) is 3. The summed E-state index contributed by atoms with van der Waals surface area (Å²) in [6, 6.07) is 2.80. The summed E-state index contributed by atoms with van der Waals surface area (Å²) in [5.41, 5.74) is -0.0749. The molecule has 0 fully saturated rings. The second-order valence-corrected chi connectivity index (χ2v) is 6.44. The van der Waals surface area contributed by atoms with Gasteiger partial charge in [-0.1, -0.05) is 19.4 Å². The molecule has 1 atom stereocenters. The van der Waals surface area contributed by atoms with Gasteiger partial charge in [0.15, 0.2) is 0 Å². The zero-order valence-electron chi connectivity index (χ0n) is 11.3. The van der Waals surface area contributed by atoms with Gasteiger partial charge in [0.25, 0.3) is 0 Å². The molecule has 114 valence electrons. The van der Waals surface area contributed by atoms with E-state index >= 15 is 0 Å². The van der Waals surface area contributed by atoms with Crippen LogP contribution in [0.3, 0.4) is 0 Å². The van der Waals surface area contributed by atoms with Crippen LogP contribution in [0.25, 0.3) is 0 Å². The molecule has 4 nitrogen and oxygen atoms in total. The van der Waals surface area contributed by atoms with E-state index in [9.17, 15) is 17.2 Å². The van der Waals surface area contributed by atoms with Crippen LogP contribution < -0.4 is 4.72 Å². The van der Waals surface area contributed by atoms with Crippen LogP contribution in [0.15, 0.2) is 18.2 Å². The minimum Gasteiger partial charge on any atom is -0.396 e. The molecular weight excluding hydrogens is 288 g/mol. The van der Waals surface area contributed by atoms with Gasteiger partial charge in [0.2, 0.25) is 10.0 Å². The minimum absolute atomic E-state index is 0.00712. The molecule has 1 unspecified atom stereocenters. The van der Waals surface area contributed by atoms with Crippen LogP contribution in [0.2, 0.25) is 0 Å². The Bertz CT molecular complexity index is 534. The monoisotopic (exact) mass is 307 g/mol. The van der Waals surface area contributed by atoms with Crippen LogP contribution in [0.5, 0.6) is 0 Å². The van der Waals surface area contributed by atoms with E-state index in [2.05, 4.69) is 4.72 Å². The molecule has 0 heterocycles. The third-order valence-electron chi connectivity index (χ3n) is 3.07. The van der Waals surface area contributed by atoms with Crippen LogP contribution in [-0.4, -0.2) is 26.7 Å². The summed E-state index contributed by atoms with van der Waals surface area (Å²) in [5, 5.41) is 8.83. The molecule has 2 N–H and O–H groups in total. The van der Waals surface area contributed by atoms with Crippen LogP contribution in [0, 0.1) is 17.6 Å². The second kappa shape index (κ2) is 7.66. The number of aliphatic hydroxyl groups excluding tert-OH is 1. The minimum atomic E-state index is -3.69. The van der Waals surface area contributed by atoms with Crippen molar-refractivity contribution in [2.75, 3.05) is 13.2 Å². The van der Waals surface area contributed by atoms with Gasteiger partial charge >= 0.3 is 0 Å². The molecular formula is C13H19F2NO3S. The van der Waals surface area contributed by atoms with Crippen molar-refractivity contribution < 1.29 is 22.3 Å². The zero-order chi connectivity index (χ0) is 15.2. The largest absolute Gasteiger partial charge is 0.396 e. The highest BCUT2D eigenvalue weighted by atomic mass is 32.2. The topological polar surface area (TPSA) is 66.4 Å². The van der Waals surface area contributed by atoms with Crippen molar-refractivity contribution in [3.8, 4) is 0 Å². The van der Waals surface area contributed by atoms with Gasteiger partial charge in [-0.05, 0) is 18.4 Å². The lowest BCUT2D eigenvalue weighted by Gasteiger charge is -2.14. The van der Waals surface area contributed by atoms with Crippen molar-refractivity contribution >= 4 is 10.0 Å². The first-order valence-electron chi connectivity index (χ1n) is 6.40. The second-order valence-electron chi connectivity index (χ2n) is 4.63. The van der Waals surface area contributed by atoms with E-state index < -0.39 is 27.4 Å². The fourth-order valence-corrected chi connectivity index (χ4v) is 3.01. The third-order valence-corrected chi connectivity index (χ3v) is 4.36. The van der Waals surface area contributed by atoms with Crippen LogP contribution in [-0.2, 0) is 15.8 Å². The average molecular weight is 307 g/mol. The summed E-state index contributed by atoms with van der Waals surface area (Å²) in [6.45, 7) is 2.09. The SMILES string of the molecule is CCC(CCO)CNS(=O)(=O)Cc1ccc(F)cc1F. The highest BCUT2D eigenvalue weighted by molar-refractivity contribution is 7.88. The highest BCUT2D eigenvalue weighted by Gasteiger charge is 2.16. The van der Waals surface area contributed by atoms with Crippen LogP contribution >= 0.6 is 0 Å². The maximum Gasteiger partial charge on any atom is 0.215 e. The van der Waals surface area contributed by atoms with E-state index in [4.69, 9.17) is 5.11 Å². The van der Waals surface area contributed by atoms with E-state index in [-0.39, 0.29) is 24.6 Å². The maximum absolute atomic E-state index is 13.4. The summed E-state index contributed by atoms with van der Waals surface area (Å²) < 4.78 is 52.2. The molecule has 0 aliphatic carbocycles. The summed E-state index contributed by atoms with van der Waals surface area (Å²) in [6.07, 6.45) is 1.23. The van der Waals surface area contributed by atoms with E-state index in [1.165, 1.54) is 0 Å². The smallest absolute Gasteiger partial charge is 0.215 e. The fourth-order valence-electron chi connectivity index (χ4n) is 1.77. The van der Waals surface area contributed by atoms with E-state index in [0.717, 1.165) is 18.6 Å². The Balaban J connectivity index is 2.65. The van der Waals surface area contributed by atoms with Crippen molar-refractivity contribution in [2.45, 2.75) is 25.5 Å². The first-order chi connectivity index (χ1) is 9.38. The van der Waals surface area contributed by atoms with Crippen molar-refractivity contribution in [2.24, 2.45) is 5.92 Å². The standard InChI is InChI=1S/C13H19F2NO3S/c1-2-10(5-6-17)8-16-20(18,19)9-11-3-4-12(14)7-13(11)15/h3-4,7,10,16-17H,2,5-6,8-9H2,1H3. The molecule has 20 heavy (non-hydrogen) atoms. The molecule has 0 saturated carbocycles. The van der Waals surface area contributed by atoms with E-state index in [1.54, 1.807) is 0 Å². The quantitative estimate of drug-likeness (QED) is 0.769. The van der Waals surface area contributed by atoms with Gasteiger partial charge in [-0.3, -0.25) is 0 Å². The Labute approximate surface area is 117 Å². The molecule has 0 aliphatic rings. The van der Waals surface area contributed by atoms with Crippen LogP contribution in [0.4, 0.5) is 8.78 Å². The van der Waals surface area contributed by atoms with Gasteiger partial charge in [0.05, 0.1) is 5.75 Å². The summed E-state index contributed by atoms with van der Waals surface area (Å²) in [4.78, 5) is 0. The van der Waals surface area contributed by atoms with Gasteiger partial charge in [0.1, 0.15) is 11.6 Å². The first-order valence-corrected chi connectivity index (χ1v) is 8.05. The normalized spacial score (nSPS) is 13.4. The molecule has 0 bridgehead atoms. The zero-order valence-corrected chi connectivity index (χ0v) is 12.1. The van der Waals surface area contributed by atoms with Crippen molar-refractivity contribution in [1.29, 1.82) is 0 Å². The molecule has 7 heteroatoms. The first kappa shape index (κ1) is 17.0. The molecule has 0 saturated heterocycles. The molecule has 0 amide bonds. The molecule has 0 aromatic heterocycles. The van der Waals surface area contributed by atoms with Gasteiger partial charge in [-0.2, -0.15) is 0 Å². The number of hydrogen-bond donors (Lipinski definition) is 2. The maximum atomic E-state index is 13.4. The Morgan fingerprint density at radius 3 is 2.60 bits per heavy atom. The number of sulfonamides is 1. The van der Waals surface area contributed by atoms with E-state index in [0.29, 0.717) is 12.5 Å². The molecule has 1 aromatic rings. The molecule has 0 aliphatic heterocycles. The van der Waals surface area contributed by atoms with Gasteiger partial charge < -0.3 is 5.11 Å². The Hall–Kier alpha value is -1.05. The summed E-state index contributed by atoms with van der Waals surface area (Å²) in [7, 11) is -3.69. The van der Waals surface area contributed by atoms with E-state index in [1.807, 2.05) is 6.92 Å². The highest BCUT2D eigenvalue weighted by Crippen LogP contribution is 2.13. The van der Waals surface area contributed by atoms with Gasteiger partial charge in [-0.25, -0.2) is 21.9 Å². The molecule has 0 radical (unpaired) electrons. The Morgan fingerprint density at radius 1 is 1.35 bits per heavy atom. The summed E-state index contributed by atoms with van der Waals surface area (Å²) >= 11 is 0. The predicted octanol–water partition coefficient (Wildman–Crippen LogP) is 1.79. The lowest BCUT2D eigenvalue weighted by atomic mass is 10.0. The molecule has 1 aromatic carbocycles. The number of nitrogens with one attached hydrogen (secondary N) is 1. The molecule has 0 spiro atoms. The van der Waals surface area contributed by atoms with Crippen molar-refractivity contribution in [3.05, 3.63) is 35.4 Å². The predicted molar refractivity (Wildman–Crippen MR) is 72.5 cm³/mol. The average Bonchev–Trinajstić information content (AvgIpc) is 2.38. The molecule has 1 rings (SSSR count). The summed E-state index contributed by atoms with van der Waals surface area (Å²) in [5.74, 6) is -2.12. The number of rotatable bonds is 8. The number of aliphatic hydroxyl groups is 1. The van der Waals surface area contributed by atoms with Crippen LogP contribution in [0.1, 0.15) is 25.3 Å². The van der Waals surface area contributed by atoms with Gasteiger partial charge in [0, 0.05) is 24.8 Å². The Morgan fingerprint density at radius 2 is 2.05 bits per heavy atom. The van der Waals surface area contributed by atoms with Gasteiger partial charge in [-0.15, -0.1) is 0 Å². The number of halogens is 2. The van der Waals surface area contributed by atoms with Crippen molar-refractivity contribution in [1.82, 2.24) is 4.72 Å². The lowest BCUT2D eigenvalue weighted by Crippen LogP contribution is -2.30.